The third kappa shape index (κ3) is 2.84. The normalized spacial score (nSPS) is 28.1. The van der Waals surface area contributed by atoms with Crippen molar-refractivity contribution in [2.24, 2.45) is 5.92 Å². The summed E-state index contributed by atoms with van der Waals surface area (Å²) < 4.78 is 14.5. The molecule has 5 nitrogen and oxygen atoms in total. The lowest BCUT2D eigenvalue weighted by atomic mass is 9.69. The molecule has 0 aliphatic carbocycles. The summed E-state index contributed by atoms with van der Waals surface area (Å²) in [6.07, 6.45) is 3.33. The van der Waals surface area contributed by atoms with Crippen LogP contribution in [0.3, 0.4) is 0 Å². The van der Waals surface area contributed by atoms with Crippen LogP contribution < -0.4 is 5.32 Å². The molecule has 1 N–H and O–H groups in total. The molecule has 166 valence electrons. The van der Waals surface area contributed by atoms with E-state index in [9.17, 15) is 14.0 Å². The highest BCUT2D eigenvalue weighted by molar-refractivity contribution is 6.30. The summed E-state index contributed by atoms with van der Waals surface area (Å²) in [5, 5.41) is 3.55. The molecule has 2 fully saturated rings. The highest BCUT2D eigenvalue weighted by atomic mass is 35.5. The van der Waals surface area contributed by atoms with E-state index in [4.69, 9.17) is 11.6 Å². The average molecular weight is 462 g/mol. The van der Waals surface area contributed by atoms with Gasteiger partial charge in [-0.25, -0.2) is 4.39 Å². The standard InChI is InChI=1S/C26H21ClFN3O2/c27-16-8-6-15(7-9-16)22-21-5-3-13-31(21)26(23(22)24(32)20-4-1-2-12-29-20)18-14-17(28)10-11-19(18)30-25(26)33/h1-2,4,6-12,14,21-23H,3,5,13H2,(H,30,33)/t21?,22-,23?,26+/m0/s1. The van der Waals surface area contributed by atoms with E-state index >= 15 is 0 Å². The van der Waals surface area contributed by atoms with Crippen LogP contribution in [0.1, 0.15) is 40.4 Å². The van der Waals surface area contributed by atoms with Gasteiger partial charge in [-0.2, -0.15) is 0 Å². The summed E-state index contributed by atoms with van der Waals surface area (Å²) in [7, 11) is 0. The van der Waals surface area contributed by atoms with Gasteiger partial charge in [0.2, 0.25) is 5.91 Å². The summed E-state index contributed by atoms with van der Waals surface area (Å²) in [6.45, 7) is 0.657. The molecule has 2 unspecified atom stereocenters. The molecule has 2 saturated heterocycles. The first kappa shape index (κ1) is 20.5. The molecule has 3 aromatic rings. The zero-order chi connectivity index (χ0) is 22.7. The number of aromatic nitrogens is 1. The Bertz CT molecular complexity index is 1270. The van der Waals surface area contributed by atoms with Gasteiger partial charge < -0.3 is 5.32 Å². The lowest BCUT2D eigenvalue weighted by Crippen LogP contribution is -2.53. The van der Waals surface area contributed by atoms with Crippen molar-refractivity contribution < 1.29 is 14.0 Å². The molecule has 3 aliphatic heterocycles. The van der Waals surface area contributed by atoms with Gasteiger partial charge in [0.25, 0.3) is 0 Å². The number of nitrogens with zero attached hydrogens (tertiary/aromatic N) is 2. The van der Waals surface area contributed by atoms with Crippen LogP contribution in [-0.4, -0.2) is 34.2 Å². The third-order valence-electron chi connectivity index (χ3n) is 7.42. The van der Waals surface area contributed by atoms with Gasteiger partial charge in [0.05, 0.1) is 5.92 Å². The minimum absolute atomic E-state index is 0.0381. The van der Waals surface area contributed by atoms with E-state index in [1.807, 2.05) is 24.3 Å². The molecule has 1 spiro atoms. The maximum absolute atomic E-state index is 14.5. The molecule has 1 aromatic heterocycles. The van der Waals surface area contributed by atoms with Gasteiger partial charge in [0.15, 0.2) is 5.78 Å². The molecule has 2 aromatic carbocycles. The van der Waals surface area contributed by atoms with Gasteiger partial charge in [0, 0.05) is 34.4 Å². The van der Waals surface area contributed by atoms with E-state index < -0.39 is 17.3 Å². The summed E-state index contributed by atoms with van der Waals surface area (Å²) in [5.74, 6) is -1.95. The largest absolute Gasteiger partial charge is 0.324 e. The predicted molar refractivity (Wildman–Crippen MR) is 123 cm³/mol. The molecule has 7 heteroatoms. The zero-order valence-electron chi connectivity index (χ0n) is 17.7. The molecular formula is C26H21ClFN3O2. The van der Waals surface area contributed by atoms with Gasteiger partial charge in [-0.15, -0.1) is 0 Å². The van der Waals surface area contributed by atoms with Crippen molar-refractivity contribution in [3.05, 3.63) is 94.5 Å². The fourth-order valence-corrected chi connectivity index (χ4v) is 6.39. The van der Waals surface area contributed by atoms with E-state index in [1.54, 1.807) is 30.5 Å². The molecule has 4 heterocycles. The summed E-state index contributed by atoms with van der Waals surface area (Å²) in [5.41, 5.74) is 1.05. The number of pyridine rings is 1. The number of halogens is 2. The summed E-state index contributed by atoms with van der Waals surface area (Å²) >= 11 is 6.16. The number of amides is 1. The van der Waals surface area contributed by atoms with E-state index in [0.29, 0.717) is 28.5 Å². The smallest absolute Gasteiger partial charge is 0.250 e. The second-order valence-corrected chi connectivity index (χ2v) is 9.38. The maximum Gasteiger partial charge on any atom is 0.250 e. The van der Waals surface area contributed by atoms with Crippen LogP contribution in [0, 0.1) is 11.7 Å². The second-order valence-electron chi connectivity index (χ2n) is 8.95. The number of benzene rings is 2. The monoisotopic (exact) mass is 461 g/mol. The van der Waals surface area contributed by atoms with Crippen LogP contribution in [-0.2, 0) is 10.3 Å². The van der Waals surface area contributed by atoms with E-state index in [2.05, 4.69) is 15.2 Å². The molecule has 6 rings (SSSR count). The minimum Gasteiger partial charge on any atom is -0.324 e. The first-order chi connectivity index (χ1) is 16.0. The van der Waals surface area contributed by atoms with Crippen molar-refractivity contribution in [1.29, 1.82) is 0 Å². The Morgan fingerprint density at radius 3 is 2.73 bits per heavy atom. The van der Waals surface area contributed by atoms with Crippen LogP contribution in [0.5, 0.6) is 0 Å². The van der Waals surface area contributed by atoms with Crippen LogP contribution >= 0.6 is 11.6 Å². The highest BCUT2D eigenvalue weighted by Crippen LogP contribution is 2.61. The Labute approximate surface area is 195 Å². The number of carbonyl (C=O) groups is 2. The Morgan fingerprint density at radius 1 is 1.15 bits per heavy atom. The van der Waals surface area contributed by atoms with Crippen molar-refractivity contribution >= 4 is 29.0 Å². The van der Waals surface area contributed by atoms with Gasteiger partial charge in [-0.1, -0.05) is 29.8 Å². The number of nitrogens with one attached hydrogen (secondary N) is 1. The number of ketones is 1. The first-order valence-electron chi connectivity index (χ1n) is 11.1. The van der Waals surface area contributed by atoms with Crippen LogP contribution in [0.2, 0.25) is 5.02 Å². The lowest BCUT2D eigenvalue weighted by Gasteiger charge is -2.36. The fraction of sp³-hybridized carbons (Fsp3) is 0.269. The zero-order valence-corrected chi connectivity index (χ0v) is 18.4. The number of Topliss-reactive ketones (excluding diaryl/α,β-unsaturated/α-hetero) is 1. The maximum atomic E-state index is 14.5. The summed E-state index contributed by atoms with van der Waals surface area (Å²) in [4.78, 5) is 34.4. The Hall–Kier alpha value is -3.09. The Balaban J connectivity index is 1.63. The van der Waals surface area contributed by atoms with Gasteiger partial charge in [-0.05, 0) is 67.4 Å². The molecule has 0 bridgehead atoms. The third-order valence-corrected chi connectivity index (χ3v) is 7.67. The highest BCUT2D eigenvalue weighted by Gasteiger charge is 2.69. The quantitative estimate of drug-likeness (QED) is 0.570. The molecule has 3 aliphatic rings. The van der Waals surface area contributed by atoms with E-state index in [1.165, 1.54) is 12.1 Å². The predicted octanol–water partition coefficient (Wildman–Crippen LogP) is 4.78. The van der Waals surface area contributed by atoms with Crippen molar-refractivity contribution in [1.82, 2.24) is 9.88 Å². The number of rotatable bonds is 3. The molecule has 0 saturated carbocycles. The number of hydrogen-bond donors (Lipinski definition) is 1. The summed E-state index contributed by atoms with van der Waals surface area (Å²) in [6, 6.07) is 17.0. The SMILES string of the molecule is O=C(c1ccccn1)C1[C@@H](c2ccc(Cl)cc2)C2CCCN2[C@@]12C(=O)Nc1ccc(F)cc12. The topological polar surface area (TPSA) is 62.3 Å². The molecule has 1 amide bonds. The van der Waals surface area contributed by atoms with Gasteiger partial charge in [0.1, 0.15) is 17.1 Å². The number of fused-ring (bicyclic) bond motifs is 4. The Morgan fingerprint density at radius 2 is 1.97 bits per heavy atom. The number of carbonyl (C=O) groups excluding carboxylic acids is 2. The van der Waals surface area contributed by atoms with Crippen LogP contribution in [0.15, 0.2) is 66.9 Å². The molecular weight excluding hydrogens is 441 g/mol. The van der Waals surface area contributed by atoms with Crippen molar-refractivity contribution in [2.45, 2.75) is 30.3 Å². The number of hydrogen-bond acceptors (Lipinski definition) is 4. The molecule has 0 radical (unpaired) electrons. The number of anilines is 1. The van der Waals surface area contributed by atoms with Gasteiger partial charge in [-0.3, -0.25) is 19.5 Å². The second kappa shape index (κ2) is 7.47. The Kier molecular flexibility index (Phi) is 4.64. The molecule has 4 atom stereocenters. The van der Waals surface area contributed by atoms with Crippen LogP contribution in [0.4, 0.5) is 10.1 Å². The van der Waals surface area contributed by atoms with Crippen molar-refractivity contribution in [3.8, 4) is 0 Å². The average Bonchev–Trinajstić information content (AvgIpc) is 3.48. The van der Waals surface area contributed by atoms with E-state index in [0.717, 1.165) is 18.4 Å². The van der Waals surface area contributed by atoms with Crippen LogP contribution in [0.25, 0.3) is 0 Å². The lowest BCUT2D eigenvalue weighted by molar-refractivity contribution is -0.127. The van der Waals surface area contributed by atoms with Crippen molar-refractivity contribution in [3.63, 3.8) is 0 Å². The van der Waals surface area contributed by atoms with E-state index in [-0.39, 0.29) is 23.7 Å². The van der Waals surface area contributed by atoms with Gasteiger partial charge >= 0.3 is 0 Å². The fourth-order valence-electron chi connectivity index (χ4n) is 6.26. The first-order valence-corrected chi connectivity index (χ1v) is 11.5. The van der Waals surface area contributed by atoms with Crippen molar-refractivity contribution in [2.75, 3.05) is 11.9 Å². The molecule has 33 heavy (non-hydrogen) atoms. The minimum atomic E-state index is -1.29.